The molecule has 0 N–H and O–H groups in total. The van der Waals surface area contributed by atoms with Gasteiger partial charge >= 0.3 is 5.97 Å². The molecular formula is C25H26N2O5S. The summed E-state index contributed by atoms with van der Waals surface area (Å²) >= 11 is 0. The van der Waals surface area contributed by atoms with Gasteiger partial charge in [0.15, 0.2) is 6.61 Å². The number of hydrogen-bond acceptors (Lipinski definition) is 5. The fourth-order valence-corrected chi connectivity index (χ4v) is 5.21. The van der Waals surface area contributed by atoms with Crippen LogP contribution in [0.5, 0.6) is 0 Å². The maximum atomic E-state index is 13.0. The number of rotatable bonds is 8. The highest BCUT2D eigenvalue weighted by Crippen LogP contribution is 2.38. The zero-order chi connectivity index (χ0) is 23.8. The van der Waals surface area contributed by atoms with Crippen molar-refractivity contribution in [2.24, 2.45) is 0 Å². The summed E-state index contributed by atoms with van der Waals surface area (Å²) in [5.41, 5.74) is 3.01. The van der Waals surface area contributed by atoms with Gasteiger partial charge in [0.05, 0.1) is 16.1 Å². The van der Waals surface area contributed by atoms with E-state index >= 15 is 0 Å². The minimum atomic E-state index is -3.88. The van der Waals surface area contributed by atoms with Gasteiger partial charge < -0.3 is 9.30 Å². The molecule has 172 valence electrons. The van der Waals surface area contributed by atoms with Crippen LogP contribution >= 0.6 is 0 Å². The van der Waals surface area contributed by atoms with Crippen LogP contribution in [0.15, 0.2) is 65.6 Å². The van der Waals surface area contributed by atoms with Gasteiger partial charge in [-0.2, -0.15) is 0 Å². The number of carbonyl (C=O) groups excluding carboxylic acids is 2. The molecule has 1 saturated carbocycles. The third-order valence-electron chi connectivity index (χ3n) is 5.88. The SMILES string of the molecule is Cc1cc(C(=O)COC(=O)c2cccc(S(=O)(=O)N(C)c3ccccc3)c2)c(C)n1C1CC1. The van der Waals surface area contributed by atoms with Gasteiger partial charge in [-0.15, -0.1) is 0 Å². The summed E-state index contributed by atoms with van der Waals surface area (Å²) in [4.78, 5) is 25.2. The Morgan fingerprint density at radius 2 is 1.73 bits per heavy atom. The second kappa shape index (κ2) is 8.86. The summed E-state index contributed by atoms with van der Waals surface area (Å²) in [6.45, 7) is 3.46. The molecule has 0 atom stereocenters. The molecule has 33 heavy (non-hydrogen) atoms. The summed E-state index contributed by atoms with van der Waals surface area (Å²) in [5, 5.41) is 0. The molecule has 0 spiro atoms. The van der Waals surface area contributed by atoms with Crippen molar-refractivity contribution in [1.82, 2.24) is 4.57 Å². The molecule has 1 aromatic heterocycles. The predicted octanol–water partition coefficient (Wildman–Crippen LogP) is 4.30. The molecule has 0 saturated heterocycles. The molecule has 1 aliphatic rings. The van der Waals surface area contributed by atoms with Crippen LogP contribution in [0, 0.1) is 13.8 Å². The Morgan fingerprint density at radius 3 is 2.39 bits per heavy atom. The Balaban J connectivity index is 1.47. The van der Waals surface area contributed by atoms with Gasteiger partial charge in [0.25, 0.3) is 10.0 Å². The fraction of sp³-hybridized carbons (Fsp3) is 0.280. The van der Waals surface area contributed by atoms with E-state index in [9.17, 15) is 18.0 Å². The first kappa shape index (κ1) is 22.8. The summed E-state index contributed by atoms with van der Waals surface area (Å²) in [5.74, 6) is -1.03. The molecule has 4 rings (SSSR count). The summed E-state index contributed by atoms with van der Waals surface area (Å²) in [6, 6.07) is 16.6. The maximum absolute atomic E-state index is 13.0. The number of benzene rings is 2. The first-order valence-corrected chi connectivity index (χ1v) is 12.2. The normalized spacial score (nSPS) is 13.5. The second-order valence-corrected chi connectivity index (χ2v) is 10.2. The van der Waals surface area contributed by atoms with E-state index in [-0.39, 0.29) is 16.2 Å². The van der Waals surface area contributed by atoms with E-state index in [1.54, 1.807) is 30.3 Å². The first-order valence-electron chi connectivity index (χ1n) is 10.7. The molecule has 0 radical (unpaired) electrons. The van der Waals surface area contributed by atoms with E-state index in [2.05, 4.69) is 4.57 Å². The lowest BCUT2D eigenvalue weighted by Crippen LogP contribution is -2.26. The standard InChI is InChI=1S/C25H26N2O5S/c1-17-14-23(18(2)27(17)21-12-13-21)24(28)16-32-25(29)19-8-7-11-22(15-19)33(30,31)26(3)20-9-5-4-6-10-20/h4-11,14-15,21H,12-13,16H2,1-3H3. The van der Waals surface area contributed by atoms with Crippen LogP contribution in [0.2, 0.25) is 0 Å². The lowest BCUT2D eigenvalue weighted by Gasteiger charge is -2.19. The predicted molar refractivity (Wildman–Crippen MR) is 125 cm³/mol. The highest BCUT2D eigenvalue weighted by atomic mass is 32.2. The van der Waals surface area contributed by atoms with Crippen LogP contribution in [0.4, 0.5) is 5.69 Å². The number of hydrogen-bond donors (Lipinski definition) is 0. The van der Waals surface area contributed by atoms with Crippen molar-refractivity contribution >= 4 is 27.5 Å². The topological polar surface area (TPSA) is 85.7 Å². The second-order valence-electron chi connectivity index (χ2n) is 8.22. The Morgan fingerprint density at radius 1 is 1.03 bits per heavy atom. The van der Waals surface area contributed by atoms with Gasteiger partial charge in [0.2, 0.25) is 5.78 Å². The van der Waals surface area contributed by atoms with E-state index in [1.807, 2.05) is 19.9 Å². The van der Waals surface area contributed by atoms with Gasteiger partial charge in [-0.1, -0.05) is 24.3 Å². The Hall–Kier alpha value is -3.39. The molecule has 1 aliphatic carbocycles. The summed E-state index contributed by atoms with van der Waals surface area (Å²) in [7, 11) is -2.43. The number of nitrogens with zero attached hydrogens (tertiary/aromatic N) is 2. The van der Waals surface area contributed by atoms with Crippen LogP contribution in [0.1, 0.15) is 51.0 Å². The van der Waals surface area contributed by atoms with Gasteiger partial charge in [-0.3, -0.25) is 9.10 Å². The number of esters is 1. The molecule has 0 bridgehead atoms. The van der Waals surface area contributed by atoms with E-state index in [4.69, 9.17) is 4.74 Å². The average Bonchev–Trinajstić information content (AvgIpc) is 3.61. The summed E-state index contributed by atoms with van der Waals surface area (Å²) in [6.07, 6.45) is 2.22. The van der Waals surface area contributed by atoms with Crippen molar-refractivity contribution in [3.8, 4) is 0 Å². The Kier molecular flexibility index (Phi) is 6.12. The number of sulfonamides is 1. The molecule has 8 heteroatoms. The fourth-order valence-electron chi connectivity index (χ4n) is 3.96. The molecule has 0 amide bonds. The van der Waals surface area contributed by atoms with E-state index in [0.717, 1.165) is 28.5 Å². The number of ketones is 1. The maximum Gasteiger partial charge on any atom is 0.338 e. The number of anilines is 1. The molecule has 1 fully saturated rings. The number of aryl methyl sites for hydroxylation is 1. The monoisotopic (exact) mass is 466 g/mol. The zero-order valence-corrected chi connectivity index (χ0v) is 19.6. The first-order chi connectivity index (χ1) is 15.7. The van der Waals surface area contributed by atoms with Crippen molar-refractivity contribution in [2.75, 3.05) is 18.0 Å². The van der Waals surface area contributed by atoms with Crippen molar-refractivity contribution in [3.63, 3.8) is 0 Å². The average molecular weight is 467 g/mol. The van der Waals surface area contributed by atoms with Gasteiger partial charge in [0.1, 0.15) is 0 Å². The van der Waals surface area contributed by atoms with Crippen LogP contribution in [0.25, 0.3) is 0 Å². The summed E-state index contributed by atoms with van der Waals surface area (Å²) < 4.78 is 34.6. The molecule has 0 unspecified atom stereocenters. The van der Waals surface area contributed by atoms with E-state index in [1.165, 1.54) is 31.3 Å². The highest BCUT2D eigenvalue weighted by molar-refractivity contribution is 7.92. The third kappa shape index (κ3) is 4.57. The van der Waals surface area contributed by atoms with Gasteiger partial charge in [-0.05, 0) is 63.1 Å². The van der Waals surface area contributed by atoms with E-state index < -0.39 is 22.6 Å². The molecule has 7 nitrogen and oxygen atoms in total. The van der Waals surface area contributed by atoms with Crippen molar-refractivity contribution in [1.29, 1.82) is 0 Å². The van der Waals surface area contributed by atoms with Gasteiger partial charge in [0, 0.05) is 30.0 Å². The van der Waals surface area contributed by atoms with Crippen molar-refractivity contribution in [3.05, 3.63) is 83.2 Å². The number of aromatic nitrogens is 1. The quantitative estimate of drug-likeness (QED) is 0.365. The molecule has 0 aliphatic heterocycles. The largest absolute Gasteiger partial charge is 0.454 e. The highest BCUT2D eigenvalue weighted by Gasteiger charge is 2.29. The number of para-hydroxylation sites is 1. The number of Topliss-reactive ketones (excluding diaryl/α,β-unsaturated/α-hetero) is 1. The lowest BCUT2D eigenvalue weighted by molar-refractivity contribution is 0.0474. The van der Waals surface area contributed by atoms with Crippen LogP contribution in [-0.4, -0.2) is 38.4 Å². The Labute approximate surface area is 193 Å². The number of carbonyl (C=O) groups is 2. The molecular weight excluding hydrogens is 440 g/mol. The molecule has 2 aromatic carbocycles. The van der Waals surface area contributed by atoms with Crippen LogP contribution in [0.3, 0.4) is 0 Å². The minimum Gasteiger partial charge on any atom is -0.454 e. The lowest BCUT2D eigenvalue weighted by atomic mass is 10.1. The Bertz CT molecular complexity index is 1310. The molecule has 1 heterocycles. The number of ether oxygens (including phenoxy) is 1. The van der Waals surface area contributed by atoms with Crippen molar-refractivity contribution < 1.29 is 22.7 Å². The van der Waals surface area contributed by atoms with Crippen LogP contribution in [-0.2, 0) is 14.8 Å². The van der Waals surface area contributed by atoms with Crippen molar-refractivity contribution in [2.45, 2.75) is 37.6 Å². The molecule has 3 aromatic rings. The van der Waals surface area contributed by atoms with E-state index in [0.29, 0.717) is 17.3 Å². The smallest absolute Gasteiger partial charge is 0.338 e. The third-order valence-corrected chi connectivity index (χ3v) is 7.66. The minimum absolute atomic E-state index is 0.0393. The van der Waals surface area contributed by atoms with Crippen LogP contribution < -0.4 is 4.31 Å². The van der Waals surface area contributed by atoms with Gasteiger partial charge in [-0.25, -0.2) is 13.2 Å². The zero-order valence-electron chi connectivity index (χ0n) is 18.8.